The summed E-state index contributed by atoms with van der Waals surface area (Å²) in [6.45, 7) is 2.59. The van der Waals surface area contributed by atoms with E-state index in [4.69, 9.17) is 16.3 Å². The molecule has 0 aliphatic carbocycles. The van der Waals surface area contributed by atoms with Crippen LogP contribution < -0.4 is 15.3 Å². The summed E-state index contributed by atoms with van der Waals surface area (Å²) in [7, 11) is 1.62. The van der Waals surface area contributed by atoms with Crippen LogP contribution in [-0.2, 0) is 7.05 Å². The third-order valence-corrected chi connectivity index (χ3v) is 6.14. The van der Waals surface area contributed by atoms with E-state index in [1.54, 1.807) is 19.3 Å². The summed E-state index contributed by atoms with van der Waals surface area (Å²) in [5.41, 5.74) is 2.53. The van der Waals surface area contributed by atoms with E-state index >= 15 is 0 Å². The molecule has 1 fully saturated rings. The van der Waals surface area contributed by atoms with Gasteiger partial charge >= 0.3 is 5.69 Å². The molecule has 1 aromatic carbocycles. The molecule has 8 nitrogen and oxygen atoms in total. The topological polar surface area (TPSA) is 72.1 Å². The fourth-order valence-corrected chi connectivity index (χ4v) is 4.49. The fraction of sp³-hybridized carbons (Fsp3) is 0.381. The molecule has 0 bridgehead atoms. The zero-order chi connectivity index (χ0) is 20.8. The Morgan fingerprint density at radius 3 is 2.73 bits per heavy atom. The first kappa shape index (κ1) is 19.0. The lowest BCUT2D eigenvalue weighted by Crippen LogP contribution is -2.36. The zero-order valence-electron chi connectivity index (χ0n) is 16.7. The molecule has 1 amide bonds. The highest BCUT2D eigenvalue weighted by molar-refractivity contribution is 6.35. The molecule has 0 N–H and O–H groups in total. The molecule has 0 radical (unpaired) electrons. The monoisotopic (exact) mass is 427 g/mol. The number of anilines is 2. The Bertz CT molecular complexity index is 1200. The van der Waals surface area contributed by atoms with E-state index in [2.05, 4.69) is 10.00 Å². The average molecular weight is 428 g/mol. The zero-order valence-corrected chi connectivity index (χ0v) is 17.4. The quantitative estimate of drug-likeness (QED) is 0.628. The van der Waals surface area contributed by atoms with Crippen molar-refractivity contribution in [3.05, 3.63) is 51.5 Å². The summed E-state index contributed by atoms with van der Waals surface area (Å²) in [5.74, 6) is 0.474. The number of benzene rings is 1. The Labute approximate surface area is 178 Å². The van der Waals surface area contributed by atoms with Crippen molar-refractivity contribution in [3.63, 3.8) is 0 Å². The maximum absolute atomic E-state index is 13.0. The first-order valence-corrected chi connectivity index (χ1v) is 10.5. The van der Waals surface area contributed by atoms with Crippen molar-refractivity contribution in [2.75, 3.05) is 31.1 Å². The Morgan fingerprint density at radius 2 is 1.93 bits per heavy atom. The molecule has 2 aliphatic rings. The third kappa shape index (κ3) is 3.02. The van der Waals surface area contributed by atoms with Gasteiger partial charge in [-0.25, -0.2) is 9.48 Å². The van der Waals surface area contributed by atoms with Crippen LogP contribution in [0.2, 0.25) is 5.02 Å². The van der Waals surface area contributed by atoms with E-state index < -0.39 is 0 Å². The SMILES string of the molecule is Cn1nc2cc(N3CCOc4c3ccc(C(=O)N3CCCCC3)c4Cl)ccn2c1=O. The van der Waals surface area contributed by atoms with Gasteiger partial charge in [0.15, 0.2) is 11.4 Å². The molecule has 5 rings (SSSR count). The number of likely N-dealkylation sites (tertiary alicyclic amines) is 1. The minimum Gasteiger partial charge on any atom is -0.488 e. The number of amides is 1. The van der Waals surface area contributed by atoms with Gasteiger partial charge in [-0.1, -0.05) is 11.6 Å². The number of aryl methyl sites for hydroxylation is 1. The average Bonchev–Trinajstić information content (AvgIpc) is 3.07. The second-order valence-electron chi connectivity index (χ2n) is 7.65. The molecule has 0 unspecified atom stereocenters. The maximum Gasteiger partial charge on any atom is 0.350 e. The number of aromatic nitrogens is 3. The van der Waals surface area contributed by atoms with Gasteiger partial charge in [0, 0.05) is 38.1 Å². The van der Waals surface area contributed by atoms with Gasteiger partial charge in [0.25, 0.3) is 5.91 Å². The minimum atomic E-state index is -0.192. The molecule has 0 spiro atoms. The summed E-state index contributed by atoms with van der Waals surface area (Å²) < 4.78 is 8.68. The van der Waals surface area contributed by atoms with E-state index in [1.165, 1.54) is 9.08 Å². The Balaban J connectivity index is 1.52. The largest absolute Gasteiger partial charge is 0.488 e. The number of ether oxygens (including phenoxy) is 1. The van der Waals surface area contributed by atoms with Gasteiger partial charge < -0.3 is 14.5 Å². The van der Waals surface area contributed by atoms with Crippen LogP contribution in [-0.4, -0.2) is 51.2 Å². The van der Waals surface area contributed by atoms with Crippen LogP contribution in [0.1, 0.15) is 29.6 Å². The summed E-state index contributed by atoms with van der Waals surface area (Å²) in [6.07, 6.45) is 4.92. The molecular weight excluding hydrogens is 406 g/mol. The van der Waals surface area contributed by atoms with Crippen LogP contribution in [0.5, 0.6) is 5.75 Å². The first-order valence-electron chi connectivity index (χ1n) is 10.1. The molecule has 156 valence electrons. The third-order valence-electron chi connectivity index (χ3n) is 5.77. The van der Waals surface area contributed by atoms with Gasteiger partial charge in [-0.15, -0.1) is 0 Å². The highest BCUT2D eigenvalue weighted by Gasteiger charge is 2.28. The predicted octanol–water partition coefficient (Wildman–Crippen LogP) is 2.84. The lowest BCUT2D eigenvalue weighted by molar-refractivity contribution is 0.0724. The molecular formula is C21H22ClN5O3. The van der Waals surface area contributed by atoms with Crippen LogP contribution in [0.4, 0.5) is 11.4 Å². The van der Waals surface area contributed by atoms with E-state index in [1.807, 2.05) is 23.1 Å². The normalized spacial score (nSPS) is 16.5. The second kappa shape index (κ2) is 7.36. The van der Waals surface area contributed by atoms with Crippen molar-refractivity contribution in [1.29, 1.82) is 0 Å². The molecule has 0 atom stereocenters. The van der Waals surface area contributed by atoms with Crippen molar-refractivity contribution in [2.24, 2.45) is 7.05 Å². The van der Waals surface area contributed by atoms with E-state index in [0.29, 0.717) is 35.1 Å². The maximum atomic E-state index is 13.0. The number of hydrogen-bond acceptors (Lipinski definition) is 5. The van der Waals surface area contributed by atoms with Crippen molar-refractivity contribution in [1.82, 2.24) is 19.1 Å². The number of fused-ring (bicyclic) bond motifs is 2. The van der Waals surface area contributed by atoms with Crippen LogP contribution >= 0.6 is 11.6 Å². The molecule has 1 saturated heterocycles. The smallest absolute Gasteiger partial charge is 0.350 e. The van der Waals surface area contributed by atoms with Gasteiger partial charge in [-0.05, 0) is 37.5 Å². The highest BCUT2D eigenvalue weighted by atomic mass is 35.5. The van der Waals surface area contributed by atoms with Gasteiger partial charge in [-0.2, -0.15) is 5.10 Å². The fourth-order valence-electron chi connectivity index (χ4n) is 4.19. The molecule has 2 aliphatic heterocycles. The van der Waals surface area contributed by atoms with Crippen molar-refractivity contribution >= 4 is 34.5 Å². The van der Waals surface area contributed by atoms with Gasteiger partial charge in [-0.3, -0.25) is 9.20 Å². The van der Waals surface area contributed by atoms with Crippen LogP contribution in [0.3, 0.4) is 0 Å². The van der Waals surface area contributed by atoms with Crippen LogP contribution in [0, 0.1) is 0 Å². The first-order chi connectivity index (χ1) is 14.5. The lowest BCUT2D eigenvalue weighted by Gasteiger charge is -2.33. The Morgan fingerprint density at radius 1 is 1.13 bits per heavy atom. The highest BCUT2D eigenvalue weighted by Crippen LogP contribution is 2.43. The molecule has 4 heterocycles. The second-order valence-corrected chi connectivity index (χ2v) is 8.03. The molecule has 2 aromatic heterocycles. The van der Waals surface area contributed by atoms with Crippen LogP contribution in [0.15, 0.2) is 35.3 Å². The number of hydrogen-bond donors (Lipinski definition) is 0. The summed E-state index contributed by atoms with van der Waals surface area (Å²) >= 11 is 6.65. The van der Waals surface area contributed by atoms with Gasteiger partial charge in [0.1, 0.15) is 6.61 Å². The van der Waals surface area contributed by atoms with Gasteiger partial charge in [0.2, 0.25) is 0 Å². The van der Waals surface area contributed by atoms with E-state index in [-0.39, 0.29) is 11.6 Å². The van der Waals surface area contributed by atoms with Crippen molar-refractivity contribution < 1.29 is 9.53 Å². The predicted molar refractivity (Wildman–Crippen MR) is 114 cm³/mol. The number of piperidine rings is 1. The Hall–Kier alpha value is -3.00. The van der Waals surface area contributed by atoms with E-state index in [9.17, 15) is 9.59 Å². The molecule has 9 heteroatoms. The minimum absolute atomic E-state index is 0.0440. The molecule has 30 heavy (non-hydrogen) atoms. The number of pyridine rings is 1. The number of carbonyl (C=O) groups is 1. The summed E-state index contributed by atoms with van der Waals surface area (Å²) in [5, 5.41) is 4.61. The Kier molecular flexibility index (Phi) is 4.66. The molecule has 0 saturated carbocycles. The van der Waals surface area contributed by atoms with Gasteiger partial charge in [0.05, 0.1) is 22.8 Å². The summed E-state index contributed by atoms with van der Waals surface area (Å²) in [4.78, 5) is 29.0. The molecule has 3 aromatic rings. The number of nitrogens with zero attached hydrogens (tertiary/aromatic N) is 5. The number of carbonyl (C=O) groups excluding carboxylic acids is 1. The lowest BCUT2D eigenvalue weighted by atomic mass is 10.1. The standard InChI is InChI=1S/C21H22ClN5O3/c1-24-21(29)27-10-7-14(13-17(27)23-24)26-11-12-30-19-16(26)6-5-15(18(19)22)20(28)25-8-3-2-4-9-25/h5-7,10,13H,2-4,8-9,11-12H2,1H3. The van der Waals surface area contributed by atoms with Crippen molar-refractivity contribution in [2.45, 2.75) is 19.3 Å². The number of halogens is 1. The van der Waals surface area contributed by atoms with E-state index in [0.717, 1.165) is 43.7 Å². The van der Waals surface area contributed by atoms with Crippen LogP contribution in [0.25, 0.3) is 5.65 Å². The summed E-state index contributed by atoms with van der Waals surface area (Å²) in [6, 6.07) is 7.39. The number of rotatable bonds is 2. The van der Waals surface area contributed by atoms with Crippen molar-refractivity contribution in [3.8, 4) is 5.75 Å².